The Balaban J connectivity index is 2.41. The van der Waals surface area contributed by atoms with E-state index in [-0.39, 0.29) is 5.76 Å². The molecule has 0 saturated carbocycles. The molecule has 1 aromatic rings. The van der Waals surface area contributed by atoms with E-state index in [4.69, 9.17) is 5.11 Å². The minimum absolute atomic E-state index is 0.0925. The van der Waals surface area contributed by atoms with Crippen LogP contribution in [0.2, 0.25) is 0 Å². The second-order valence-electron chi connectivity index (χ2n) is 2.56. The molecule has 3 nitrogen and oxygen atoms in total. The zero-order valence-corrected chi connectivity index (χ0v) is 7.49. The standard InChI is InChI=1S/C10H12N2O/c1-9(13)7-11-8-12-10-5-3-2-4-6-10/h2-6,12-13H,8H2,1H3. The Morgan fingerprint density at radius 3 is 2.77 bits per heavy atom. The molecule has 1 rings (SSSR count). The summed E-state index contributed by atoms with van der Waals surface area (Å²) in [6.07, 6.45) is 0. The summed E-state index contributed by atoms with van der Waals surface area (Å²) in [4.78, 5) is 3.82. The highest BCUT2D eigenvalue weighted by Gasteiger charge is 1.84. The first-order valence-electron chi connectivity index (χ1n) is 4.03. The van der Waals surface area contributed by atoms with Crippen LogP contribution in [0.5, 0.6) is 0 Å². The van der Waals surface area contributed by atoms with Crippen molar-refractivity contribution in [2.75, 3.05) is 12.0 Å². The van der Waals surface area contributed by atoms with E-state index in [1.807, 2.05) is 30.3 Å². The van der Waals surface area contributed by atoms with Gasteiger partial charge in [0, 0.05) is 18.5 Å². The Morgan fingerprint density at radius 2 is 2.15 bits per heavy atom. The zero-order chi connectivity index (χ0) is 9.52. The summed E-state index contributed by atoms with van der Waals surface area (Å²) in [7, 11) is 0. The van der Waals surface area contributed by atoms with Crippen molar-refractivity contribution in [1.82, 2.24) is 0 Å². The van der Waals surface area contributed by atoms with Crippen molar-refractivity contribution in [2.24, 2.45) is 4.99 Å². The predicted molar refractivity (Wildman–Crippen MR) is 54.2 cm³/mol. The van der Waals surface area contributed by atoms with E-state index in [2.05, 4.69) is 16.2 Å². The molecule has 1 aromatic carbocycles. The number of aliphatic imine (C=N–C) groups is 1. The van der Waals surface area contributed by atoms with Gasteiger partial charge in [-0.3, -0.25) is 0 Å². The van der Waals surface area contributed by atoms with Crippen LogP contribution in [-0.2, 0) is 0 Å². The molecule has 0 aliphatic heterocycles. The van der Waals surface area contributed by atoms with E-state index in [0.29, 0.717) is 6.67 Å². The van der Waals surface area contributed by atoms with Gasteiger partial charge in [-0.1, -0.05) is 18.2 Å². The quantitative estimate of drug-likeness (QED) is 0.547. The van der Waals surface area contributed by atoms with E-state index >= 15 is 0 Å². The SMILES string of the molecule is CC(O)=C=NCNc1ccccc1. The number of hydrogen-bond acceptors (Lipinski definition) is 3. The molecule has 0 fully saturated rings. The molecule has 0 spiro atoms. The molecule has 0 aliphatic carbocycles. The van der Waals surface area contributed by atoms with Crippen LogP contribution < -0.4 is 5.32 Å². The van der Waals surface area contributed by atoms with Crippen molar-refractivity contribution < 1.29 is 5.11 Å². The fourth-order valence-electron chi connectivity index (χ4n) is 0.841. The number of allylic oxidation sites excluding steroid dienone is 1. The summed E-state index contributed by atoms with van der Waals surface area (Å²) in [6, 6.07) is 9.74. The normalized spacial score (nSPS) is 8.69. The lowest BCUT2D eigenvalue weighted by Gasteiger charge is -1.99. The Labute approximate surface area is 77.4 Å². The first-order valence-corrected chi connectivity index (χ1v) is 4.03. The minimum atomic E-state index is 0.0925. The largest absolute Gasteiger partial charge is 0.503 e. The van der Waals surface area contributed by atoms with Crippen LogP contribution in [0.15, 0.2) is 41.1 Å². The van der Waals surface area contributed by atoms with E-state index < -0.39 is 0 Å². The van der Waals surface area contributed by atoms with E-state index in [1.165, 1.54) is 6.92 Å². The maximum Gasteiger partial charge on any atom is 0.150 e. The topological polar surface area (TPSA) is 44.6 Å². The molecule has 0 aromatic heterocycles. The molecule has 0 heterocycles. The fraction of sp³-hybridized carbons (Fsp3) is 0.200. The number of para-hydroxylation sites is 1. The second-order valence-corrected chi connectivity index (χ2v) is 2.56. The number of nitrogens with zero attached hydrogens (tertiary/aromatic N) is 1. The molecule has 0 unspecified atom stereocenters. The summed E-state index contributed by atoms with van der Waals surface area (Å²) >= 11 is 0. The van der Waals surface area contributed by atoms with Crippen LogP contribution in [-0.4, -0.2) is 17.6 Å². The third kappa shape index (κ3) is 3.99. The number of anilines is 1. The van der Waals surface area contributed by atoms with Crippen LogP contribution in [0.4, 0.5) is 5.69 Å². The molecule has 13 heavy (non-hydrogen) atoms. The van der Waals surface area contributed by atoms with Crippen molar-refractivity contribution in [1.29, 1.82) is 0 Å². The summed E-state index contributed by atoms with van der Waals surface area (Å²) < 4.78 is 0. The summed E-state index contributed by atoms with van der Waals surface area (Å²) in [6.45, 7) is 1.95. The second kappa shape index (κ2) is 5.01. The fourth-order valence-corrected chi connectivity index (χ4v) is 0.841. The lowest BCUT2D eigenvalue weighted by atomic mass is 10.3. The molecule has 0 radical (unpaired) electrons. The summed E-state index contributed by atoms with van der Waals surface area (Å²) in [5.74, 6) is 2.54. The van der Waals surface area contributed by atoms with Gasteiger partial charge < -0.3 is 10.4 Å². The van der Waals surface area contributed by atoms with Crippen LogP contribution in [0.25, 0.3) is 0 Å². The molecule has 0 bridgehead atoms. The van der Waals surface area contributed by atoms with Crippen LogP contribution in [0.3, 0.4) is 0 Å². The molecule has 0 amide bonds. The van der Waals surface area contributed by atoms with Gasteiger partial charge in [0.25, 0.3) is 0 Å². The molecule has 0 atom stereocenters. The highest BCUT2D eigenvalue weighted by Crippen LogP contribution is 2.03. The van der Waals surface area contributed by atoms with E-state index in [9.17, 15) is 0 Å². The van der Waals surface area contributed by atoms with Gasteiger partial charge in [-0.2, -0.15) is 0 Å². The van der Waals surface area contributed by atoms with Gasteiger partial charge >= 0.3 is 0 Å². The Hall–Kier alpha value is -1.73. The maximum atomic E-state index is 8.73. The average molecular weight is 176 g/mol. The number of aliphatic hydroxyl groups is 1. The predicted octanol–water partition coefficient (Wildman–Crippen LogP) is 2.19. The van der Waals surface area contributed by atoms with Gasteiger partial charge in [-0.05, 0) is 12.1 Å². The van der Waals surface area contributed by atoms with Crippen LogP contribution >= 0.6 is 0 Å². The molecule has 0 aliphatic rings. The highest BCUT2D eigenvalue weighted by atomic mass is 16.3. The van der Waals surface area contributed by atoms with Crippen molar-refractivity contribution in [2.45, 2.75) is 6.92 Å². The van der Waals surface area contributed by atoms with Gasteiger partial charge in [-0.15, -0.1) is 0 Å². The van der Waals surface area contributed by atoms with E-state index in [1.54, 1.807) is 0 Å². The van der Waals surface area contributed by atoms with Gasteiger partial charge in [-0.25, -0.2) is 4.99 Å². The van der Waals surface area contributed by atoms with Gasteiger partial charge in [0.05, 0.1) is 0 Å². The molecule has 2 N–H and O–H groups in total. The van der Waals surface area contributed by atoms with Crippen molar-refractivity contribution in [3.8, 4) is 0 Å². The molecular formula is C10H12N2O. The lowest BCUT2D eigenvalue weighted by Crippen LogP contribution is -1.97. The van der Waals surface area contributed by atoms with Crippen LogP contribution in [0, 0.1) is 0 Å². The first kappa shape index (κ1) is 9.36. The lowest BCUT2D eigenvalue weighted by molar-refractivity contribution is 0.423. The third-order valence-corrected chi connectivity index (χ3v) is 1.38. The number of hydrogen-bond donors (Lipinski definition) is 2. The average Bonchev–Trinajstić information content (AvgIpc) is 2.14. The Kier molecular flexibility index (Phi) is 3.61. The third-order valence-electron chi connectivity index (χ3n) is 1.38. The molecular weight excluding hydrogens is 164 g/mol. The Bertz CT molecular complexity index is 309. The molecule has 68 valence electrons. The number of rotatable bonds is 3. The van der Waals surface area contributed by atoms with Crippen molar-refractivity contribution in [3.05, 3.63) is 36.1 Å². The van der Waals surface area contributed by atoms with Gasteiger partial charge in [0.2, 0.25) is 0 Å². The van der Waals surface area contributed by atoms with Gasteiger partial charge in [0.1, 0.15) is 6.67 Å². The maximum absolute atomic E-state index is 8.73. The minimum Gasteiger partial charge on any atom is -0.503 e. The number of benzene rings is 1. The summed E-state index contributed by atoms with van der Waals surface area (Å²) in [5, 5.41) is 11.8. The first-order chi connectivity index (χ1) is 6.29. The number of aliphatic hydroxyl groups excluding tert-OH is 1. The molecule has 3 heteroatoms. The van der Waals surface area contributed by atoms with Gasteiger partial charge in [0.15, 0.2) is 5.76 Å². The molecule has 0 saturated heterocycles. The van der Waals surface area contributed by atoms with Crippen molar-refractivity contribution in [3.63, 3.8) is 0 Å². The monoisotopic (exact) mass is 176 g/mol. The summed E-state index contributed by atoms with van der Waals surface area (Å²) in [5.41, 5.74) is 1.00. The Morgan fingerprint density at radius 1 is 1.46 bits per heavy atom. The van der Waals surface area contributed by atoms with Crippen LogP contribution in [0.1, 0.15) is 6.92 Å². The van der Waals surface area contributed by atoms with Crippen molar-refractivity contribution >= 4 is 11.6 Å². The highest BCUT2D eigenvalue weighted by molar-refractivity contribution is 5.54. The zero-order valence-electron chi connectivity index (χ0n) is 7.49. The van der Waals surface area contributed by atoms with E-state index in [0.717, 1.165) is 5.69 Å². The number of nitrogens with one attached hydrogen (secondary N) is 1. The smallest absolute Gasteiger partial charge is 0.150 e.